The molecule has 4 rings (SSSR count). The first-order valence-corrected chi connectivity index (χ1v) is 8.63. The molecule has 0 radical (unpaired) electrons. The summed E-state index contributed by atoms with van der Waals surface area (Å²) in [4.78, 5) is 23.2. The van der Waals surface area contributed by atoms with E-state index in [4.69, 9.17) is 9.26 Å². The molecule has 0 aromatic carbocycles. The van der Waals surface area contributed by atoms with E-state index in [0.29, 0.717) is 24.9 Å². The number of pyridine rings is 1. The Bertz CT molecular complexity index is 756. The minimum atomic E-state index is -0.291. The van der Waals surface area contributed by atoms with Crippen LogP contribution in [0, 0.1) is 6.92 Å². The summed E-state index contributed by atoms with van der Waals surface area (Å²) in [6, 6.07) is 3.87. The molecule has 2 fully saturated rings. The third-order valence-corrected chi connectivity index (χ3v) is 4.60. The number of aromatic nitrogens is 3. The number of anilines is 1. The second kappa shape index (κ2) is 6.79. The van der Waals surface area contributed by atoms with Crippen LogP contribution in [0.4, 0.5) is 5.82 Å². The maximum absolute atomic E-state index is 12.2. The predicted octanol–water partition coefficient (Wildman–Crippen LogP) is 1.31. The topological polar surface area (TPSA) is 93.4 Å². The number of hydrogen-bond acceptors (Lipinski definition) is 7. The zero-order chi connectivity index (χ0) is 17.2. The minimum absolute atomic E-state index is 0.00174. The highest BCUT2D eigenvalue weighted by Crippen LogP contribution is 2.29. The van der Waals surface area contributed by atoms with Crippen LogP contribution < -0.4 is 10.2 Å². The number of ether oxygens (including phenoxy) is 1. The molecular formula is C17H21N5O3. The number of rotatable bonds is 4. The van der Waals surface area contributed by atoms with Crippen molar-refractivity contribution in [3.05, 3.63) is 24.2 Å². The van der Waals surface area contributed by atoms with E-state index >= 15 is 0 Å². The second-order valence-corrected chi connectivity index (χ2v) is 6.46. The molecule has 2 aliphatic rings. The van der Waals surface area contributed by atoms with Crippen LogP contribution in [-0.4, -0.2) is 52.9 Å². The summed E-state index contributed by atoms with van der Waals surface area (Å²) in [5.74, 6) is 1.86. The van der Waals surface area contributed by atoms with Crippen molar-refractivity contribution in [3.8, 4) is 11.5 Å². The van der Waals surface area contributed by atoms with E-state index in [-0.39, 0.29) is 18.1 Å². The SMILES string of the molecule is Cc1noc(-c2cccnc2N2CC[C@H](NC(=O)[C@H]3CCCO3)C2)n1. The van der Waals surface area contributed by atoms with Gasteiger partial charge in [0.1, 0.15) is 11.9 Å². The third kappa shape index (κ3) is 3.34. The Labute approximate surface area is 145 Å². The highest BCUT2D eigenvalue weighted by atomic mass is 16.5. The van der Waals surface area contributed by atoms with Gasteiger partial charge in [-0.2, -0.15) is 4.98 Å². The molecule has 0 bridgehead atoms. The molecule has 0 unspecified atom stereocenters. The van der Waals surface area contributed by atoms with Crippen molar-refractivity contribution in [1.82, 2.24) is 20.4 Å². The Morgan fingerprint density at radius 3 is 3.08 bits per heavy atom. The van der Waals surface area contributed by atoms with Gasteiger partial charge in [-0.25, -0.2) is 4.98 Å². The van der Waals surface area contributed by atoms with Gasteiger partial charge in [0.15, 0.2) is 5.82 Å². The molecule has 0 aliphatic carbocycles. The van der Waals surface area contributed by atoms with Gasteiger partial charge in [0.25, 0.3) is 5.89 Å². The molecule has 2 saturated heterocycles. The van der Waals surface area contributed by atoms with Crippen LogP contribution in [-0.2, 0) is 9.53 Å². The molecule has 8 nitrogen and oxygen atoms in total. The van der Waals surface area contributed by atoms with Gasteiger partial charge >= 0.3 is 0 Å². The van der Waals surface area contributed by atoms with Crippen molar-refractivity contribution >= 4 is 11.7 Å². The molecule has 1 amide bonds. The van der Waals surface area contributed by atoms with Crippen LogP contribution in [0.5, 0.6) is 0 Å². The Hall–Kier alpha value is -2.48. The number of nitrogens with zero attached hydrogens (tertiary/aromatic N) is 4. The van der Waals surface area contributed by atoms with Gasteiger partial charge in [0, 0.05) is 31.9 Å². The van der Waals surface area contributed by atoms with Crippen LogP contribution in [0.3, 0.4) is 0 Å². The fourth-order valence-electron chi connectivity index (χ4n) is 3.37. The molecular weight excluding hydrogens is 322 g/mol. The quantitative estimate of drug-likeness (QED) is 0.894. The lowest BCUT2D eigenvalue weighted by Gasteiger charge is -2.20. The van der Waals surface area contributed by atoms with E-state index in [1.165, 1.54) is 0 Å². The molecule has 1 N–H and O–H groups in total. The van der Waals surface area contributed by atoms with Gasteiger partial charge in [-0.15, -0.1) is 0 Å². The first kappa shape index (κ1) is 16.0. The fraction of sp³-hybridized carbons (Fsp3) is 0.529. The highest BCUT2D eigenvalue weighted by molar-refractivity contribution is 5.81. The number of amides is 1. The maximum Gasteiger partial charge on any atom is 0.261 e. The summed E-state index contributed by atoms with van der Waals surface area (Å²) in [5, 5.41) is 6.95. The lowest BCUT2D eigenvalue weighted by molar-refractivity contribution is -0.130. The molecule has 2 aromatic heterocycles. The lowest BCUT2D eigenvalue weighted by atomic mass is 10.2. The van der Waals surface area contributed by atoms with Crippen LogP contribution in [0.1, 0.15) is 25.1 Å². The van der Waals surface area contributed by atoms with E-state index in [9.17, 15) is 4.79 Å². The number of nitrogens with one attached hydrogen (secondary N) is 1. The maximum atomic E-state index is 12.2. The first-order chi connectivity index (χ1) is 12.2. The zero-order valence-corrected chi connectivity index (χ0v) is 14.1. The molecule has 25 heavy (non-hydrogen) atoms. The van der Waals surface area contributed by atoms with Gasteiger partial charge in [-0.3, -0.25) is 4.79 Å². The standard InChI is InChI=1S/C17H21N5O3/c1-11-19-17(25-21-11)13-4-2-7-18-15(13)22-8-6-12(10-22)20-16(23)14-5-3-9-24-14/h2,4,7,12,14H,3,5-6,8-10H2,1H3,(H,20,23)/t12-,14+/m0/s1. The number of carbonyl (C=O) groups excluding carboxylic acids is 1. The smallest absolute Gasteiger partial charge is 0.261 e. The fourth-order valence-corrected chi connectivity index (χ4v) is 3.37. The molecule has 0 spiro atoms. The number of aryl methyl sites for hydroxylation is 1. The molecule has 2 aromatic rings. The largest absolute Gasteiger partial charge is 0.368 e. The first-order valence-electron chi connectivity index (χ1n) is 8.63. The average molecular weight is 343 g/mol. The van der Waals surface area contributed by atoms with E-state index in [0.717, 1.165) is 37.2 Å². The van der Waals surface area contributed by atoms with Crippen molar-refractivity contribution in [2.45, 2.75) is 38.3 Å². The van der Waals surface area contributed by atoms with E-state index in [1.54, 1.807) is 13.1 Å². The molecule has 0 saturated carbocycles. The summed E-state index contributed by atoms with van der Waals surface area (Å²) < 4.78 is 10.7. The van der Waals surface area contributed by atoms with Crippen LogP contribution >= 0.6 is 0 Å². The van der Waals surface area contributed by atoms with Crippen molar-refractivity contribution < 1.29 is 14.1 Å². The summed E-state index contributed by atoms with van der Waals surface area (Å²) >= 11 is 0. The predicted molar refractivity (Wildman–Crippen MR) is 90.0 cm³/mol. The highest BCUT2D eigenvalue weighted by Gasteiger charge is 2.30. The zero-order valence-electron chi connectivity index (χ0n) is 14.1. The van der Waals surface area contributed by atoms with E-state index in [1.807, 2.05) is 12.1 Å². The summed E-state index contributed by atoms with van der Waals surface area (Å²) in [6.45, 7) is 3.98. The van der Waals surface area contributed by atoms with Crippen molar-refractivity contribution in [2.24, 2.45) is 0 Å². The minimum Gasteiger partial charge on any atom is -0.368 e. The van der Waals surface area contributed by atoms with Gasteiger partial charge in [0.05, 0.1) is 5.56 Å². The molecule has 4 heterocycles. The van der Waals surface area contributed by atoms with Gasteiger partial charge in [0.2, 0.25) is 5.91 Å². The molecule has 132 valence electrons. The van der Waals surface area contributed by atoms with Gasteiger partial charge in [-0.1, -0.05) is 5.16 Å². The van der Waals surface area contributed by atoms with Crippen LogP contribution in [0.25, 0.3) is 11.5 Å². The Morgan fingerprint density at radius 2 is 2.32 bits per heavy atom. The van der Waals surface area contributed by atoms with E-state index in [2.05, 4.69) is 25.3 Å². The second-order valence-electron chi connectivity index (χ2n) is 6.46. The summed E-state index contributed by atoms with van der Waals surface area (Å²) in [6.07, 6.45) is 4.09. The van der Waals surface area contributed by atoms with E-state index < -0.39 is 0 Å². The monoisotopic (exact) mass is 343 g/mol. The molecule has 2 atom stereocenters. The number of hydrogen-bond donors (Lipinski definition) is 1. The number of carbonyl (C=O) groups is 1. The summed E-state index contributed by atoms with van der Waals surface area (Å²) in [5.41, 5.74) is 0.814. The van der Waals surface area contributed by atoms with Crippen LogP contribution in [0.2, 0.25) is 0 Å². The lowest BCUT2D eigenvalue weighted by Crippen LogP contribution is -2.42. The summed E-state index contributed by atoms with van der Waals surface area (Å²) in [7, 11) is 0. The molecule has 2 aliphatic heterocycles. The Balaban J connectivity index is 1.46. The normalized spacial score (nSPS) is 23.2. The molecule has 8 heteroatoms. The Morgan fingerprint density at radius 1 is 1.40 bits per heavy atom. The van der Waals surface area contributed by atoms with Crippen molar-refractivity contribution in [2.75, 3.05) is 24.6 Å². The van der Waals surface area contributed by atoms with Gasteiger partial charge in [-0.05, 0) is 38.3 Å². The van der Waals surface area contributed by atoms with Crippen LogP contribution in [0.15, 0.2) is 22.9 Å². The van der Waals surface area contributed by atoms with Gasteiger partial charge < -0.3 is 19.5 Å². The third-order valence-electron chi connectivity index (χ3n) is 4.60. The average Bonchev–Trinajstić information content (AvgIpc) is 3.36. The van der Waals surface area contributed by atoms with Crippen molar-refractivity contribution in [1.29, 1.82) is 0 Å². The van der Waals surface area contributed by atoms with Crippen molar-refractivity contribution in [3.63, 3.8) is 0 Å². The Kier molecular flexibility index (Phi) is 4.35.